The fraction of sp³-hybridized carbons (Fsp3) is 0.381. The maximum absolute atomic E-state index is 12.2. The second kappa shape index (κ2) is 8.61. The Morgan fingerprint density at radius 2 is 1.85 bits per heavy atom. The quantitative estimate of drug-likeness (QED) is 0.801. The molecule has 1 aliphatic rings. The Morgan fingerprint density at radius 3 is 2.65 bits per heavy atom. The molecule has 138 valence electrons. The smallest absolute Gasteiger partial charge is 0.239 e. The van der Waals surface area contributed by atoms with E-state index in [9.17, 15) is 4.79 Å². The summed E-state index contributed by atoms with van der Waals surface area (Å²) in [5.74, 6) is 1.31. The molecule has 0 spiro atoms. The minimum atomic E-state index is -0.0341. The molecule has 2 aromatic carbocycles. The third-order valence-electron chi connectivity index (χ3n) is 4.77. The highest BCUT2D eigenvalue weighted by atomic mass is 16.5. The van der Waals surface area contributed by atoms with Gasteiger partial charge in [0.1, 0.15) is 0 Å². The molecule has 0 unspecified atom stereocenters. The van der Waals surface area contributed by atoms with Gasteiger partial charge in [-0.05, 0) is 60.6 Å². The molecule has 0 aliphatic heterocycles. The predicted octanol–water partition coefficient (Wildman–Crippen LogP) is 3.31. The highest BCUT2D eigenvalue weighted by Gasteiger charge is 2.13. The second-order valence-corrected chi connectivity index (χ2v) is 6.47. The van der Waals surface area contributed by atoms with Gasteiger partial charge in [0.15, 0.2) is 11.5 Å². The van der Waals surface area contributed by atoms with Crippen LogP contribution in [0.3, 0.4) is 0 Å². The number of aryl methyl sites for hydroxylation is 1. The first kappa shape index (κ1) is 18.1. The van der Waals surface area contributed by atoms with Gasteiger partial charge in [-0.1, -0.05) is 18.2 Å². The van der Waals surface area contributed by atoms with Crippen molar-refractivity contribution in [1.82, 2.24) is 5.32 Å². The van der Waals surface area contributed by atoms with E-state index in [1.165, 1.54) is 24.0 Å². The van der Waals surface area contributed by atoms with Gasteiger partial charge >= 0.3 is 0 Å². The number of hydrogen-bond acceptors (Lipinski definition) is 4. The number of fused-ring (bicyclic) bond motifs is 1. The van der Waals surface area contributed by atoms with Gasteiger partial charge in [-0.15, -0.1) is 0 Å². The van der Waals surface area contributed by atoms with Crippen molar-refractivity contribution in [2.75, 3.05) is 26.1 Å². The number of anilines is 1. The number of rotatable bonds is 7. The average Bonchev–Trinajstić information content (AvgIpc) is 2.70. The van der Waals surface area contributed by atoms with Crippen LogP contribution in [0.4, 0.5) is 5.69 Å². The molecule has 5 heteroatoms. The van der Waals surface area contributed by atoms with Crippen molar-refractivity contribution in [2.24, 2.45) is 0 Å². The van der Waals surface area contributed by atoms with Crippen molar-refractivity contribution in [3.63, 3.8) is 0 Å². The number of ether oxygens (including phenoxy) is 2. The summed E-state index contributed by atoms with van der Waals surface area (Å²) in [4.78, 5) is 12.2. The molecule has 0 heterocycles. The summed E-state index contributed by atoms with van der Waals surface area (Å²) < 4.78 is 10.5. The Bertz CT molecular complexity index is 774. The summed E-state index contributed by atoms with van der Waals surface area (Å²) in [7, 11) is 3.21. The fourth-order valence-corrected chi connectivity index (χ4v) is 3.38. The molecule has 0 atom stereocenters. The lowest BCUT2D eigenvalue weighted by molar-refractivity contribution is -0.119. The van der Waals surface area contributed by atoms with Crippen LogP contribution >= 0.6 is 0 Å². The number of carbonyl (C=O) groups excluding carboxylic acids is 1. The monoisotopic (exact) mass is 354 g/mol. The van der Waals surface area contributed by atoms with E-state index in [1.807, 2.05) is 18.2 Å². The van der Waals surface area contributed by atoms with Crippen LogP contribution in [0.5, 0.6) is 11.5 Å². The molecule has 0 fully saturated rings. The Morgan fingerprint density at radius 1 is 1.04 bits per heavy atom. The number of methoxy groups -OCH3 is 2. The molecule has 3 rings (SSSR count). The van der Waals surface area contributed by atoms with E-state index in [-0.39, 0.29) is 12.5 Å². The van der Waals surface area contributed by atoms with Gasteiger partial charge in [0.2, 0.25) is 5.91 Å². The van der Waals surface area contributed by atoms with E-state index in [2.05, 4.69) is 28.8 Å². The first-order chi connectivity index (χ1) is 12.7. The molecular formula is C21H26N2O3. The van der Waals surface area contributed by atoms with E-state index < -0.39 is 0 Å². The van der Waals surface area contributed by atoms with Crippen LogP contribution in [0.2, 0.25) is 0 Å². The Labute approximate surface area is 154 Å². The number of amides is 1. The van der Waals surface area contributed by atoms with Crippen LogP contribution in [-0.4, -0.2) is 26.7 Å². The summed E-state index contributed by atoms with van der Waals surface area (Å²) in [5, 5.41) is 6.23. The third-order valence-corrected chi connectivity index (χ3v) is 4.77. The third kappa shape index (κ3) is 4.28. The van der Waals surface area contributed by atoms with Crippen molar-refractivity contribution in [3.05, 3.63) is 53.1 Å². The first-order valence-electron chi connectivity index (χ1n) is 9.03. The summed E-state index contributed by atoms with van der Waals surface area (Å²) in [5.41, 5.74) is 4.83. The lowest BCUT2D eigenvalue weighted by Crippen LogP contribution is -2.29. The minimum absolute atomic E-state index is 0.0341. The van der Waals surface area contributed by atoms with Crippen LogP contribution < -0.4 is 20.1 Å². The van der Waals surface area contributed by atoms with Gasteiger partial charge in [-0.3, -0.25) is 4.79 Å². The molecule has 5 nitrogen and oxygen atoms in total. The number of carbonyl (C=O) groups is 1. The molecule has 0 saturated heterocycles. The average molecular weight is 354 g/mol. The molecular weight excluding hydrogens is 328 g/mol. The summed E-state index contributed by atoms with van der Waals surface area (Å²) in [6.45, 7) is 0.720. The Balaban J connectivity index is 1.54. The molecule has 2 N–H and O–H groups in total. The van der Waals surface area contributed by atoms with Crippen LogP contribution in [0.15, 0.2) is 36.4 Å². The minimum Gasteiger partial charge on any atom is -0.493 e. The maximum atomic E-state index is 12.2. The van der Waals surface area contributed by atoms with Crippen molar-refractivity contribution in [1.29, 1.82) is 0 Å². The first-order valence-corrected chi connectivity index (χ1v) is 9.03. The van der Waals surface area contributed by atoms with Crippen molar-refractivity contribution in [2.45, 2.75) is 32.2 Å². The number of benzene rings is 2. The molecule has 0 bridgehead atoms. The molecule has 0 aromatic heterocycles. The van der Waals surface area contributed by atoms with Crippen molar-refractivity contribution >= 4 is 11.6 Å². The fourth-order valence-electron chi connectivity index (χ4n) is 3.38. The van der Waals surface area contributed by atoms with E-state index in [1.54, 1.807) is 14.2 Å². The second-order valence-electron chi connectivity index (χ2n) is 6.47. The van der Waals surface area contributed by atoms with Gasteiger partial charge in [-0.2, -0.15) is 0 Å². The summed E-state index contributed by atoms with van der Waals surface area (Å²) in [6.07, 6.45) is 4.70. The van der Waals surface area contributed by atoms with Crippen molar-refractivity contribution < 1.29 is 14.3 Å². The normalized spacial score (nSPS) is 12.8. The van der Waals surface area contributed by atoms with Crippen LogP contribution in [0.1, 0.15) is 29.5 Å². The van der Waals surface area contributed by atoms with Gasteiger partial charge in [-0.25, -0.2) is 0 Å². The topological polar surface area (TPSA) is 59.6 Å². The lowest BCUT2D eigenvalue weighted by Gasteiger charge is -2.20. The molecule has 26 heavy (non-hydrogen) atoms. The SMILES string of the molecule is COc1ccc(CNC(=O)CNc2cccc3c2CCCC3)cc1OC. The molecule has 1 amide bonds. The van der Waals surface area contributed by atoms with Gasteiger partial charge in [0, 0.05) is 12.2 Å². The van der Waals surface area contributed by atoms with E-state index in [0.717, 1.165) is 24.1 Å². The molecule has 0 saturated carbocycles. The highest BCUT2D eigenvalue weighted by Crippen LogP contribution is 2.28. The number of hydrogen-bond donors (Lipinski definition) is 2. The Hall–Kier alpha value is -2.69. The zero-order chi connectivity index (χ0) is 18.4. The lowest BCUT2D eigenvalue weighted by atomic mass is 9.90. The predicted molar refractivity (Wildman–Crippen MR) is 103 cm³/mol. The van der Waals surface area contributed by atoms with E-state index >= 15 is 0 Å². The summed E-state index contributed by atoms with van der Waals surface area (Å²) >= 11 is 0. The molecule has 1 aliphatic carbocycles. The zero-order valence-corrected chi connectivity index (χ0v) is 15.4. The van der Waals surface area contributed by atoms with Crippen LogP contribution in [0.25, 0.3) is 0 Å². The van der Waals surface area contributed by atoms with Gasteiger partial charge < -0.3 is 20.1 Å². The van der Waals surface area contributed by atoms with Crippen LogP contribution in [-0.2, 0) is 24.2 Å². The van der Waals surface area contributed by atoms with Gasteiger partial charge in [0.05, 0.1) is 20.8 Å². The summed E-state index contributed by atoms with van der Waals surface area (Å²) in [6, 6.07) is 12.0. The Kier molecular flexibility index (Phi) is 6.00. The highest BCUT2D eigenvalue weighted by molar-refractivity contribution is 5.81. The van der Waals surface area contributed by atoms with Crippen LogP contribution in [0, 0.1) is 0 Å². The van der Waals surface area contributed by atoms with E-state index in [4.69, 9.17) is 9.47 Å². The maximum Gasteiger partial charge on any atom is 0.239 e. The largest absolute Gasteiger partial charge is 0.493 e. The van der Waals surface area contributed by atoms with E-state index in [0.29, 0.717) is 18.0 Å². The standard InChI is InChI=1S/C21H26N2O3/c1-25-19-11-10-15(12-20(19)26-2)13-23-21(24)14-22-18-9-5-7-16-6-3-4-8-17(16)18/h5,7,9-12,22H,3-4,6,8,13-14H2,1-2H3,(H,23,24). The zero-order valence-electron chi connectivity index (χ0n) is 15.4. The molecule has 2 aromatic rings. The molecule has 0 radical (unpaired) electrons. The van der Waals surface area contributed by atoms with Crippen molar-refractivity contribution in [3.8, 4) is 11.5 Å². The van der Waals surface area contributed by atoms with Gasteiger partial charge in [0.25, 0.3) is 0 Å². The number of nitrogens with one attached hydrogen (secondary N) is 2.